The molecule has 2 aromatic rings. The van der Waals surface area contributed by atoms with E-state index >= 15 is 0 Å². The zero-order valence-corrected chi connectivity index (χ0v) is 15.5. The van der Waals surface area contributed by atoms with Gasteiger partial charge in [0.05, 0.1) is 12.5 Å². The molecule has 1 aromatic heterocycles. The van der Waals surface area contributed by atoms with Crippen molar-refractivity contribution in [3.8, 4) is 0 Å². The Hall–Kier alpha value is -2.27. The average molecular weight is 372 g/mol. The van der Waals surface area contributed by atoms with E-state index in [0.717, 1.165) is 24.2 Å². The van der Waals surface area contributed by atoms with Crippen molar-refractivity contribution in [2.24, 2.45) is 13.0 Å². The smallest absolute Gasteiger partial charge is 0.228 e. The van der Waals surface area contributed by atoms with Gasteiger partial charge in [-0.2, -0.15) is 0 Å². The summed E-state index contributed by atoms with van der Waals surface area (Å²) in [4.78, 5) is 29.3. The lowest BCUT2D eigenvalue weighted by Gasteiger charge is -2.26. The largest absolute Gasteiger partial charge is 0.353 e. The number of amides is 2. The Morgan fingerprint density at radius 1 is 1.23 bits per heavy atom. The van der Waals surface area contributed by atoms with Gasteiger partial charge in [-0.3, -0.25) is 9.59 Å². The predicted octanol–water partition coefficient (Wildman–Crippen LogP) is 3.22. The number of rotatable bonds is 5. The minimum absolute atomic E-state index is 0.000265. The summed E-state index contributed by atoms with van der Waals surface area (Å²) in [6, 6.07) is 11.5. The second kappa shape index (κ2) is 6.80. The molecule has 2 heterocycles. The average Bonchev–Trinajstić information content (AvgIpc) is 3.28. The van der Waals surface area contributed by atoms with E-state index in [0.29, 0.717) is 24.2 Å². The number of nitrogens with zero attached hydrogens (tertiary/aromatic N) is 3. The van der Waals surface area contributed by atoms with Crippen molar-refractivity contribution in [2.45, 2.75) is 31.8 Å². The Balaban J connectivity index is 1.49. The monoisotopic (exact) mass is 371 g/mol. The van der Waals surface area contributed by atoms with Crippen molar-refractivity contribution in [1.29, 1.82) is 0 Å². The number of halogens is 1. The molecular weight excluding hydrogens is 350 g/mol. The first-order valence-electron chi connectivity index (χ1n) is 8.99. The van der Waals surface area contributed by atoms with E-state index in [9.17, 15) is 9.59 Å². The molecule has 0 N–H and O–H groups in total. The minimum Gasteiger partial charge on any atom is -0.353 e. The summed E-state index contributed by atoms with van der Waals surface area (Å²) in [5, 5.41) is 0.635. The van der Waals surface area contributed by atoms with Crippen molar-refractivity contribution in [3.05, 3.63) is 53.3 Å². The molecule has 2 amide bonds. The lowest BCUT2D eigenvalue weighted by molar-refractivity contribution is -0.137. The maximum absolute atomic E-state index is 13.2. The molecule has 6 heteroatoms. The first-order chi connectivity index (χ1) is 12.5. The topological polar surface area (TPSA) is 45.6 Å². The molecule has 5 nitrogen and oxygen atoms in total. The molecule has 1 aliphatic carbocycles. The number of carbonyl (C=O) groups excluding carboxylic acids is 2. The molecule has 0 spiro atoms. The van der Waals surface area contributed by atoms with Gasteiger partial charge in [-0.05, 0) is 49.2 Å². The van der Waals surface area contributed by atoms with Gasteiger partial charge in [0.1, 0.15) is 0 Å². The highest BCUT2D eigenvalue weighted by Crippen LogP contribution is 2.33. The molecule has 0 bridgehead atoms. The molecule has 0 radical (unpaired) electrons. The molecule has 26 heavy (non-hydrogen) atoms. The number of hydrogen-bond acceptors (Lipinski definition) is 2. The van der Waals surface area contributed by atoms with Crippen molar-refractivity contribution < 1.29 is 9.59 Å². The predicted molar refractivity (Wildman–Crippen MR) is 101 cm³/mol. The zero-order valence-electron chi connectivity index (χ0n) is 14.8. The number of hydrogen-bond donors (Lipinski definition) is 0. The van der Waals surface area contributed by atoms with Gasteiger partial charge in [0.2, 0.25) is 11.8 Å². The molecular formula is C20H22ClN3O2. The van der Waals surface area contributed by atoms with E-state index in [1.165, 1.54) is 0 Å². The van der Waals surface area contributed by atoms with Crippen molar-refractivity contribution in [3.63, 3.8) is 0 Å². The van der Waals surface area contributed by atoms with Crippen LogP contribution < -0.4 is 4.90 Å². The number of benzene rings is 1. The fourth-order valence-electron chi connectivity index (χ4n) is 3.59. The van der Waals surface area contributed by atoms with E-state index in [2.05, 4.69) is 0 Å². The standard InChI is InChI=1S/C20H22ClN3O2/c1-22-10-2-3-18(22)13-24(17-8-9-17)20(26)14-11-19(25)23(12-14)16-6-4-15(21)5-7-16/h2-7,10,14,17H,8-9,11-13H2,1H3/t14-/m0/s1. The number of aryl methyl sites for hydroxylation is 1. The summed E-state index contributed by atoms with van der Waals surface area (Å²) < 4.78 is 2.04. The van der Waals surface area contributed by atoms with Gasteiger partial charge in [0.25, 0.3) is 0 Å². The summed E-state index contributed by atoms with van der Waals surface area (Å²) in [5.74, 6) is -0.183. The van der Waals surface area contributed by atoms with Crippen LogP contribution in [0, 0.1) is 5.92 Å². The SMILES string of the molecule is Cn1cccc1CN(C(=O)[C@H]1CC(=O)N(c2ccc(Cl)cc2)C1)C1CC1. The third-order valence-corrected chi connectivity index (χ3v) is 5.52. The van der Waals surface area contributed by atoms with Crippen molar-refractivity contribution in [1.82, 2.24) is 9.47 Å². The van der Waals surface area contributed by atoms with Gasteiger partial charge in [-0.15, -0.1) is 0 Å². The molecule has 1 aromatic carbocycles. The lowest BCUT2D eigenvalue weighted by atomic mass is 10.1. The molecule has 2 fully saturated rings. The summed E-state index contributed by atoms with van der Waals surface area (Å²) in [7, 11) is 1.99. The van der Waals surface area contributed by atoms with Gasteiger partial charge in [-0.1, -0.05) is 11.6 Å². The zero-order chi connectivity index (χ0) is 18.3. The lowest BCUT2D eigenvalue weighted by Crippen LogP contribution is -2.39. The maximum Gasteiger partial charge on any atom is 0.228 e. The van der Waals surface area contributed by atoms with E-state index in [1.807, 2.05) is 47.0 Å². The van der Waals surface area contributed by atoms with Gasteiger partial charge in [0.15, 0.2) is 0 Å². The maximum atomic E-state index is 13.2. The Morgan fingerprint density at radius 3 is 2.58 bits per heavy atom. The highest BCUT2D eigenvalue weighted by molar-refractivity contribution is 6.30. The summed E-state index contributed by atoms with van der Waals surface area (Å²) >= 11 is 5.93. The highest BCUT2D eigenvalue weighted by atomic mass is 35.5. The fourth-order valence-corrected chi connectivity index (χ4v) is 3.71. The van der Waals surface area contributed by atoms with Gasteiger partial charge in [0, 0.05) is 48.7 Å². The second-order valence-electron chi connectivity index (χ2n) is 7.19. The van der Waals surface area contributed by atoms with Crippen LogP contribution in [0.2, 0.25) is 5.02 Å². The molecule has 1 saturated carbocycles. The van der Waals surface area contributed by atoms with Crippen LogP contribution in [0.3, 0.4) is 0 Å². The van der Waals surface area contributed by atoms with Crippen LogP contribution in [0.15, 0.2) is 42.6 Å². The van der Waals surface area contributed by atoms with Crippen LogP contribution in [0.4, 0.5) is 5.69 Å². The van der Waals surface area contributed by atoms with E-state index in [-0.39, 0.29) is 24.2 Å². The minimum atomic E-state index is -0.279. The van der Waals surface area contributed by atoms with Crippen molar-refractivity contribution in [2.75, 3.05) is 11.4 Å². The summed E-state index contributed by atoms with van der Waals surface area (Å²) in [6.07, 6.45) is 4.37. The van der Waals surface area contributed by atoms with E-state index in [1.54, 1.807) is 17.0 Å². The van der Waals surface area contributed by atoms with Crippen LogP contribution in [-0.2, 0) is 23.2 Å². The fraction of sp³-hybridized carbons (Fsp3) is 0.400. The van der Waals surface area contributed by atoms with Gasteiger partial charge >= 0.3 is 0 Å². The molecule has 1 saturated heterocycles. The quantitative estimate of drug-likeness (QED) is 0.810. The summed E-state index contributed by atoms with van der Waals surface area (Å²) in [6.45, 7) is 1.05. The van der Waals surface area contributed by atoms with Crippen LogP contribution in [0.1, 0.15) is 25.0 Å². The molecule has 4 rings (SSSR count). The van der Waals surface area contributed by atoms with Gasteiger partial charge in [-0.25, -0.2) is 0 Å². The first kappa shape index (κ1) is 17.2. The Morgan fingerprint density at radius 2 is 1.96 bits per heavy atom. The number of aromatic nitrogens is 1. The Labute approximate surface area is 158 Å². The summed E-state index contributed by atoms with van der Waals surface area (Å²) in [5.41, 5.74) is 1.92. The Bertz CT molecular complexity index is 826. The Kier molecular flexibility index (Phi) is 4.49. The third-order valence-electron chi connectivity index (χ3n) is 5.27. The highest BCUT2D eigenvalue weighted by Gasteiger charge is 2.41. The van der Waals surface area contributed by atoms with Gasteiger partial charge < -0.3 is 14.4 Å². The van der Waals surface area contributed by atoms with E-state index in [4.69, 9.17) is 11.6 Å². The number of anilines is 1. The van der Waals surface area contributed by atoms with Crippen LogP contribution in [0.25, 0.3) is 0 Å². The molecule has 2 aliphatic rings. The molecule has 136 valence electrons. The molecule has 1 aliphatic heterocycles. The first-order valence-corrected chi connectivity index (χ1v) is 9.37. The third kappa shape index (κ3) is 3.36. The normalized spacial score (nSPS) is 19.8. The van der Waals surface area contributed by atoms with Crippen LogP contribution in [0.5, 0.6) is 0 Å². The van der Waals surface area contributed by atoms with Crippen molar-refractivity contribution >= 4 is 29.1 Å². The molecule has 1 atom stereocenters. The number of carbonyl (C=O) groups is 2. The molecule has 0 unspecified atom stereocenters. The van der Waals surface area contributed by atoms with Crippen LogP contribution in [-0.4, -0.2) is 33.9 Å². The van der Waals surface area contributed by atoms with E-state index < -0.39 is 0 Å². The second-order valence-corrected chi connectivity index (χ2v) is 7.63. The van der Waals surface area contributed by atoms with Crippen LogP contribution >= 0.6 is 11.6 Å².